The molecule has 6 heteroatoms. The Morgan fingerprint density at radius 2 is 2.14 bits per heavy atom. The first kappa shape index (κ1) is 11.7. The molecule has 0 saturated heterocycles. The molecule has 0 amide bonds. The van der Waals surface area contributed by atoms with E-state index in [0.29, 0.717) is 10.6 Å². The molecule has 1 aromatic carbocycles. The van der Waals surface area contributed by atoms with E-state index in [1.165, 1.54) is 18.2 Å². The summed E-state index contributed by atoms with van der Waals surface area (Å²) >= 11 is 8.93. The van der Waals surface area contributed by atoms with Crippen molar-refractivity contribution in [3.8, 4) is 0 Å². The molecule has 1 aromatic rings. The standard InChI is InChI=1S/C8H6Cl2O3S/c9-6-1-2-7(8(10)11)5(3-6)4-14(12)13/h1-3H,4H2,(H,12,13). The van der Waals surface area contributed by atoms with Crippen molar-refractivity contribution in [3.63, 3.8) is 0 Å². The number of carbonyl (C=O) groups excluding carboxylic acids is 1. The predicted octanol–water partition coefficient (Wildman–Crippen LogP) is 2.44. The van der Waals surface area contributed by atoms with Gasteiger partial charge in [0.1, 0.15) is 0 Å². The van der Waals surface area contributed by atoms with Gasteiger partial charge >= 0.3 is 0 Å². The number of halogens is 2. The minimum Gasteiger partial charge on any atom is -0.306 e. The summed E-state index contributed by atoms with van der Waals surface area (Å²) in [5, 5.41) is -0.269. The van der Waals surface area contributed by atoms with Crippen LogP contribution in [0.3, 0.4) is 0 Å². The maximum Gasteiger partial charge on any atom is 0.252 e. The smallest absolute Gasteiger partial charge is 0.252 e. The van der Waals surface area contributed by atoms with Crippen LogP contribution >= 0.6 is 23.2 Å². The fourth-order valence-electron chi connectivity index (χ4n) is 1.01. The van der Waals surface area contributed by atoms with E-state index in [1.54, 1.807) is 0 Å². The average Bonchev–Trinajstić information content (AvgIpc) is 2.01. The van der Waals surface area contributed by atoms with Gasteiger partial charge in [-0.3, -0.25) is 4.79 Å². The summed E-state index contributed by atoms with van der Waals surface area (Å²) in [6, 6.07) is 4.38. The number of hydrogen-bond donors (Lipinski definition) is 1. The van der Waals surface area contributed by atoms with Crippen molar-refractivity contribution in [2.45, 2.75) is 5.75 Å². The highest BCUT2D eigenvalue weighted by atomic mass is 35.5. The number of rotatable bonds is 3. The topological polar surface area (TPSA) is 54.4 Å². The van der Waals surface area contributed by atoms with Gasteiger partial charge in [-0.15, -0.1) is 0 Å². The molecule has 0 spiro atoms. The quantitative estimate of drug-likeness (QED) is 0.664. The highest BCUT2D eigenvalue weighted by molar-refractivity contribution is 7.78. The molecular weight excluding hydrogens is 247 g/mol. The highest BCUT2D eigenvalue weighted by Gasteiger charge is 2.11. The second-order valence-electron chi connectivity index (χ2n) is 2.54. The maximum absolute atomic E-state index is 10.9. The van der Waals surface area contributed by atoms with Gasteiger partial charge in [0, 0.05) is 10.6 Å². The van der Waals surface area contributed by atoms with Gasteiger partial charge < -0.3 is 4.55 Å². The van der Waals surface area contributed by atoms with Crippen LogP contribution in [0, 0.1) is 0 Å². The van der Waals surface area contributed by atoms with Gasteiger partial charge in [-0.2, -0.15) is 0 Å². The third-order valence-electron chi connectivity index (χ3n) is 1.56. The zero-order chi connectivity index (χ0) is 10.7. The predicted molar refractivity (Wildman–Crippen MR) is 56.1 cm³/mol. The molecule has 0 aromatic heterocycles. The molecular formula is C8H6Cl2O3S. The summed E-state index contributed by atoms with van der Waals surface area (Å²) in [4.78, 5) is 10.9. The summed E-state index contributed by atoms with van der Waals surface area (Å²) in [6.45, 7) is 0. The average molecular weight is 253 g/mol. The van der Waals surface area contributed by atoms with E-state index in [9.17, 15) is 9.00 Å². The number of benzene rings is 1. The molecule has 1 atom stereocenters. The summed E-state index contributed by atoms with van der Waals surface area (Å²) < 4.78 is 19.2. The van der Waals surface area contributed by atoms with Gasteiger partial charge in [0.15, 0.2) is 11.1 Å². The van der Waals surface area contributed by atoms with Crippen molar-refractivity contribution in [2.24, 2.45) is 0 Å². The summed E-state index contributed by atoms with van der Waals surface area (Å²) in [5.74, 6) is -0.158. The summed E-state index contributed by atoms with van der Waals surface area (Å²) in [6.07, 6.45) is 0. The van der Waals surface area contributed by atoms with Gasteiger partial charge in [0.2, 0.25) is 0 Å². The molecule has 3 nitrogen and oxygen atoms in total. The van der Waals surface area contributed by atoms with Crippen LogP contribution in [-0.4, -0.2) is 14.0 Å². The Morgan fingerprint density at radius 1 is 1.50 bits per heavy atom. The van der Waals surface area contributed by atoms with Crippen molar-refractivity contribution in [1.82, 2.24) is 0 Å². The van der Waals surface area contributed by atoms with Crippen molar-refractivity contribution in [3.05, 3.63) is 34.3 Å². The Bertz CT molecular complexity index is 392. The molecule has 76 valence electrons. The van der Waals surface area contributed by atoms with Crippen molar-refractivity contribution in [1.29, 1.82) is 0 Å². The molecule has 0 heterocycles. The minimum atomic E-state index is -2.02. The first-order chi connectivity index (χ1) is 6.50. The van der Waals surface area contributed by atoms with E-state index in [1.807, 2.05) is 0 Å². The Balaban J connectivity index is 3.15. The van der Waals surface area contributed by atoms with Gasteiger partial charge in [-0.05, 0) is 35.4 Å². The zero-order valence-corrected chi connectivity index (χ0v) is 9.20. The highest BCUT2D eigenvalue weighted by Crippen LogP contribution is 2.19. The number of hydrogen-bond acceptors (Lipinski definition) is 2. The van der Waals surface area contributed by atoms with E-state index in [0.717, 1.165) is 0 Å². The molecule has 0 aliphatic rings. The van der Waals surface area contributed by atoms with Crippen LogP contribution in [-0.2, 0) is 16.8 Å². The second kappa shape index (κ2) is 4.89. The molecule has 1 N–H and O–H groups in total. The Labute approximate surface area is 93.3 Å². The SMILES string of the molecule is O=C(Cl)c1ccc(Cl)cc1CS(=O)O. The molecule has 0 radical (unpaired) electrons. The lowest BCUT2D eigenvalue weighted by atomic mass is 10.1. The normalized spacial score (nSPS) is 12.5. The fraction of sp³-hybridized carbons (Fsp3) is 0.125. The van der Waals surface area contributed by atoms with E-state index in [4.69, 9.17) is 27.8 Å². The van der Waals surface area contributed by atoms with Crippen LogP contribution in [0.1, 0.15) is 15.9 Å². The van der Waals surface area contributed by atoms with Crippen molar-refractivity contribution >= 4 is 39.5 Å². The third kappa shape index (κ3) is 3.06. The van der Waals surface area contributed by atoms with Gasteiger partial charge in [-0.1, -0.05) is 11.6 Å². The van der Waals surface area contributed by atoms with Gasteiger partial charge in [0.25, 0.3) is 5.24 Å². The monoisotopic (exact) mass is 252 g/mol. The van der Waals surface area contributed by atoms with Crippen LogP contribution < -0.4 is 0 Å². The van der Waals surface area contributed by atoms with Gasteiger partial charge in [0.05, 0.1) is 5.75 Å². The van der Waals surface area contributed by atoms with E-state index in [2.05, 4.69) is 0 Å². The molecule has 1 unspecified atom stereocenters. The zero-order valence-electron chi connectivity index (χ0n) is 6.87. The maximum atomic E-state index is 10.9. The van der Waals surface area contributed by atoms with Crippen LogP contribution in [0.2, 0.25) is 5.02 Å². The molecule has 14 heavy (non-hydrogen) atoms. The van der Waals surface area contributed by atoms with E-state index >= 15 is 0 Å². The van der Waals surface area contributed by atoms with Crippen LogP contribution in [0.5, 0.6) is 0 Å². The second-order valence-corrected chi connectivity index (χ2v) is 4.25. The molecule has 0 aliphatic heterocycles. The largest absolute Gasteiger partial charge is 0.306 e. The Hall–Kier alpha value is -0.420. The molecule has 0 aliphatic carbocycles. The Kier molecular flexibility index (Phi) is 4.07. The summed E-state index contributed by atoms with van der Waals surface area (Å²) in [5.41, 5.74) is 0.580. The minimum absolute atomic E-state index is 0.158. The summed E-state index contributed by atoms with van der Waals surface area (Å²) in [7, 11) is 0. The lowest BCUT2D eigenvalue weighted by Crippen LogP contribution is -2.01. The first-order valence-electron chi connectivity index (χ1n) is 3.56. The van der Waals surface area contributed by atoms with Crippen LogP contribution in [0.4, 0.5) is 0 Å². The Morgan fingerprint density at radius 3 is 2.64 bits per heavy atom. The third-order valence-corrected chi connectivity index (χ3v) is 2.55. The molecule has 1 rings (SSSR count). The lowest BCUT2D eigenvalue weighted by Gasteiger charge is -2.03. The van der Waals surface area contributed by atoms with Gasteiger partial charge in [-0.25, -0.2) is 4.21 Å². The van der Waals surface area contributed by atoms with Crippen LogP contribution in [0.25, 0.3) is 0 Å². The molecule has 0 fully saturated rings. The van der Waals surface area contributed by atoms with Crippen molar-refractivity contribution in [2.75, 3.05) is 0 Å². The molecule has 0 bridgehead atoms. The van der Waals surface area contributed by atoms with Crippen LogP contribution in [0.15, 0.2) is 18.2 Å². The van der Waals surface area contributed by atoms with E-state index < -0.39 is 16.3 Å². The van der Waals surface area contributed by atoms with E-state index in [-0.39, 0.29) is 11.3 Å². The molecule has 0 saturated carbocycles. The fourth-order valence-corrected chi connectivity index (χ4v) is 1.89. The first-order valence-corrected chi connectivity index (χ1v) is 5.59. The lowest BCUT2D eigenvalue weighted by molar-refractivity contribution is 0.108. The number of carbonyl (C=O) groups is 1. The van der Waals surface area contributed by atoms with Crippen molar-refractivity contribution < 1.29 is 13.6 Å².